The standard InChI is InChI=1S/C19H16F2N6O2/c20-12-3-5-13(6-4-12)26-19(23)15(11-22)17(25-26)2-1-9-24-18-8-7-14(27(28)29)10-16(18)21/h3-8,10,24H,1-2,9,23H2. The van der Waals surface area contributed by atoms with Gasteiger partial charge in [0.15, 0.2) is 5.82 Å². The number of hydrogen-bond donors (Lipinski definition) is 2. The molecule has 0 aliphatic carbocycles. The predicted octanol–water partition coefficient (Wildman–Crippen LogP) is 3.56. The number of nitro benzene ring substituents is 1. The molecule has 0 aliphatic rings. The van der Waals surface area contributed by atoms with Crippen LogP contribution in [0, 0.1) is 33.1 Å². The summed E-state index contributed by atoms with van der Waals surface area (Å²) >= 11 is 0. The minimum absolute atomic E-state index is 0.146. The summed E-state index contributed by atoms with van der Waals surface area (Å²) < 4.78 is 28.4. The van der Waals surface area contributed by atoms with E-state index in [-0.39, 0.29) is 22.8 Å². The number of aryl methyl sites for hydroxylation is 1. The van der Waals surface area contributed by atoms with Crippen molar-refractivity contribution in [3.05, 3.63) is 75.5 Å². The first-order valence-electron chi connectivity index (χ1n) is 8.62. The van der Waals surface area contributed by atoms with Gasteiger partial charge in [0.1, 0.15) is 23.3 Å². The molecule has 0 atom stereocenters. The molecule has 1 aromatic heterocycles. The van der Waals surface area contributed by atoms with Crippen molar-refractivity contribution < 1.29 is 13.7 Å². The number of rotatable bonds is 7. The monoisotopic (exact) mass is 398 g/mol. The van der Waals surface area contributed by atoms with Crippen LogP contribution in [0.1, 0.15) is 17.7 Å². The molecule has 0 spiro atoms. The van der Waals surface area contributed by atoms with Crippen LogP contribution in [0.3, 0.4) is 0 Å². The maximum Gasteiger partial charge on any atom is 0.272 e. The minimum atomic E-state index is -0.721. The topological polar surface area (TPSA) is 123 Å². The fourth-order valence-electron chi connectivity index (χ4n) is 2.79. The molecule has 148 valence electrons. The lowest BCUT2D eigenvalue weighted by Crippen LogP contribution is -2.06. The van der Waals surface area contributed by atoms with E-state index in [2.05, 4.69) is 10.4 Å². The highest BCUT2D eigenvalue weighted by Crippen LogP contribution is 2.23. The average Bonchev–Trinajstić information content (AvgIpc) is 3.02. The Labute approximate surface area is 164 Å². The van der Waals surface area contributed by atoms with Crippen LogP contribution in [-0.2, 0) is 6.42 Å². The van der Waals surface area contributed by atoms with Crippen LogP contribution in [0.15, 0.2) is 42.5 Å². The molecule has 10 heteroatoms. The number of non-ortho nitro benzene ring substituents is 1. The molecule has 0 radical (unpaired) electrons. The van der Waals surface area contributed by atoms with E-state index in [4.69, 9.17) is 5.73 Å². The fourth-order valence-corrected chi connectivity index (χ4v) is 2.79. The van der Waals surface area contributed by atoms with Gasteiger partial charge in [-0.2, -0.15) is 10.4 Å². The lowest BCUT2D eigenvalue weighted by atomic mass is 10.1. The Balaban J connectivity index is 1.67. The van der Waals surface area contributed by atoms with Gasteiger partial charge in [-0.3, -0.25) is 10.1 Å². The molecule has 0 saturated heterocycles. The zero-order chi connectivity index (χ0) is 21.0. The summed E-state index contributed by atoms with van der Waals surface area (Å²) in [6.45, 7) is 0.350. The first kappa shape index (κ1) is 19.8. The summed E-state index contributed by atoms with van der Waals surface area (Å²) in [5.41, 5.74) is 7.05. The van der Waals surface area contributed by atoms with E-state index in [0.717, 1.165) is 6.07 Å². The number of anilines is 2. The average molecular weight is 398 g/mol. The van der Waals surface area contributed by atoms with Gasteiger partial charge < -0.3 is 11.1 Å². The molecule has 2 aromatic carbocycles. The predicted molar refractivity (Wildman–Crippen MR) is 103 cm³/mol. The van der Waals surface area contributed by atoms with Gasteiger partial charge in [-0.1, -0.05) is 0 Å². The minimum Gasteiger partial charge on any atom is -0.383 e. The number of nitrogens with one attached hydrogen (secondary N) is 1. The van der Waals surface area contributed by atoms with Crippen LogP contribution in [-0.4, -0.2) is 21.2 Å². The lowest BCUT2D eigenvalue weighted by Gasteiger charge is -2.06. The Hall–Kier alpha value is -4.00. The third kappa shape index (κ3) is 4.30. The Morgan fingerprint density at radius 3 is 2.59 bits per heavy atom. The van der Waals surface area contributed by atoms with Crippen LogP contribution in [0.4, 0.5) is 26.0 Å². The highest BCUT2D eigenvalue weighted by atomic mass is 19.1. The largest absolute Gasteiger partial charge is 0.383 e. The zero-order valence-corrected chi connectivity index (χ0v) is 15.1. The number of aromatic nitrogens is 2. The third-order valence-electron chi connectivity index (χ3n) is 4.25. The van der Waals surface area contributed by atoms with E-state index in [1.54, 1.807) is 0 Å². The second kappa shape index (κ2) is 8.35. The summed E-state index contributed by atoms with van der Waals surface area (Å²) in [6, 6.07) is 10.9. The first-order chi connectivity index (χ1) is 13.9. The van der Waals surface area contributed by atoms with Crippen molar-refractivity contribution in [3.63, 3.8) is 0 Å². The van der Waals surface area contributed by atoms with Gasteiger partial charge in [0, 0.05) is 12.6 Å². The molecule has 3 rings (SSSR count). The van der Waals surface area contributed by atoms with Crippen LogP contribution < -0.4 is 11.1 Å². The zero-order valence-electron chi connectivity index (χ0n) is 15.1. The number of benzene rings is 2. The molecule has 29 heavy (non-hydrogen) atoms. The quantitative estimate of drug-likeness (QED) is 0.356. The Bertz CT molecular complexity index is 1090. The summed E-state index contributed by atoms with van der Waals surface area (Å²) in [5.74, 6) is -0.963. The molecule has 3 N–H and O–H groups in total. The molecular weight excluding hydrogens is 382 g/mol. The molecule has 0 aliphatic heterocycles. The molecule has 8 nitrogen and oxygen atoms in total. The number of nitrogens with zero attached hydrogens (tertiary/aromatic N) is 4. The number of nitro groups is 1. The van der Waals surface area contributed by atoms with Crippen LogP contribution in [0.2, 0.25) is 0 Å². The van der Waals surface area contributed by atoms with Gasteiger partial charge in [0.25, 0.3) is 5.69 Å². The summed E-state index contributed by atoms with van der Waals surface area (Å²) in [5, 5.41) is 27.2. The molecule has 0 bridgehead atoms. The normalized spacial score (nSPS) is 10.5. The summed E-state index contributed by atoms with van der Waals surface area (Å²) in [4.78, 5) is 9.98. The number of nitrogens with two attached hydrogens (primary N) is 1. The highest BCUT2D eigenvalue weighted by Gasteiger charge is 2.16. The molecular formula is C19H16F2N6O2. The molecule has 0 amide bonds. The maximum atomic E-state index is 13.9. The van der Waals surface area contributed by atoms with Gasteiger partial charge in [-0.25, -0.2) is 13.5 Å². The van der Waals surface area contributed by atoms with Gasteiger partial charge in [0.2, 0.25) is 0 Å². The summed E-state index contributed by atoms with van der Waals surface area (Å²) in [7, 11) is 0. The van der Waals surface area contributed by atoms with Crippen LogP contribution in [0.5, 0.6) is 0 Å². The van der Waals surface area contributed by atoms with Crippen molar-refractivity contribution in [1.29, 1.82) is 5.26 Å². The molecule has 3 aromatic rings. The number of nitrogen functional groups attached to an aromatic ring is 1. The Kier molecular flexibility index (Phi) is 5.69. The first-order valence-corrected chi connectivity index (χ1v) is 8.62. The van der Waals surface area contributed by atoms with Crippen molar-refractivity contribution >= 4 is 17.2 Å². The van der Waals surface area contributed by atoms with Gasteiger partial charge >= 0.3 is 0 Å². The number of halogens is 2. The Morgan fingerprint density at radius 2 is 1.97 bits per heavy atom. The van der Waals surface area contributed by atoms with Crippen LogP contribution in [0.25, 0.3) is 5.69 Å². The van der Waals surface area contributed by atoms with Gasteiger partial charge in [-0.05, 0) is 43.2 Å². The van der Waals surface area contributed by atoms with E-state index < -0.39 is 16.6 Å². The maximum absolute atomic E-state index is 13.9. The molecule has 1 heterocycles. The van der Waals surface area contributed by atoms with E-state index >= 15 is 0 Å². The van der Waals surface area contributed by atoms with Gasteiger partial charge in [-0.15, -0.1) is 0 Å². The Morgan fingerprint density at radius 1 is 1.24 bits per heavy atom. The van der Waals surface area contributed by atoms with Crippen molar-refractivity contribution in [3.8, 4) is 11.8 Å². The van der Waals surface area contributed by atoms with E-state index in [0.29, 0.717) is 30.8 Å². The van der Waals surface area contributed by atoms with E-state index in [1.807, 2.05) is 6.07 Å². The van der Waals surface area contributed by atoms with Crippen molar-refractivity contribution in [2.45, 2.75) is 12.8 Å². The third-order valence-corrected chi connectivity index (χ3v) is 4.25. The molecule has 0 saturated carbocycles. The van der Waals surface area contributed by atoms with E-state index in [1.165, 1.54) is 41.1 Å². The second-order valence-electron chi connectivity index (χ2n) is 6.16. The number of hydrogen-bond acceptors (Lipinski definition) is 6. The van der Waals surface area contributed by atoms with Gasteiger partial charge in [0.05, 0.1) is 28.1 Å². The number of nitriles is 1. The lowest BCUT2D eigenvalue weighted by molar-refractivity contribution is -0.385. The highest BCUT2D eigenvalue weighted by molar-refractivity contribution is 5.56. The SMILES string of the molecule is N#Cc1c(CCCNc2ccc([N+](=O)[O-])cc2F)nn(-c2ccc(F)cc2)c1N. The van der Waals surface area contributed by atoms with Crippen molar-refractivity contribution in [1.82, 2.24) is 9.78 Å². The van der Waals surface area contributed by atoms with E-state index in [9.17, 15) is 24.2 Å². The van der Waals surface area contributed by atoms with Crippen molar-refractivity contribution in [2.75, 3.05) is 17.6 Å². The molecule has 0 fully saturated rings. The molecule has 0 unspecified atom stereocenters. The summed E-state index contributed by atoms with van der Waals surface area (Å²) in [6.07, 6.45) is 0.897. The van der Waals surface area contributed by atoms with Crippen molar-refractivity contribution in [2.24, 2.45) is 0 Å². The smallest absolute Gasteiger partial charge is 0.272 e. The fraction of sp³-hybridized carbons (Fsp3) is 0.158. The van der Waals surface area contributed by atoms with Crippen LogP contribution >= 0.6 is 0 Å². The second-order valence-corrected chi connectivity index (χ2v) is 6.16.